The van der Waals surface area contributed by atoms with E-state index < -0.39 is 0 Å². The number of amides is 1. The number of carbonyl (C=O) groups excluding carboxylic acids is 1. The first kappa shape index (κ1) is 15.6. The molecular weight excluding hydrogens is 266 g/mol. The van der Waals surface area contributed by atoms with Gasteiger partial charge in [0.25, 0.3) is 5.91 Å². The second-order valence-corrected chi connectivity index (χ2v) is 5.74. The second kappa shape index (κ2) is 6.80. The molecule has 1 heterocycles. The van der Waals surface area contributed by atoms with Crippen molar-refractivity contribution in [2.75, 3.05) is 39.5 Å². The Morgan fingerprint density at radius 1 is 1.48 bits per heavy atom. The van der Waals surface area contributed by atoms with Crippen molar-refractivity contribution in [2.45, 2.75) is 25.8 Å². The molecule has 1 saturated heterocycles. The maximum atomic E-state index is 12.7. The van der Waals surface area contributed by atoms with Gasteiger partial charge in [0.1, 0.15) is 5.75 Å². The Morgan fingerprint density at radius 3 is 2.86 bits per heavy atom. The van der Waals surface area contributed by atoms with Crippen molar-refractivity contribution in [3.63, 3.8) is 0 Å². The summed E-state index contributed by atoms with van der Waals surface area (Å²) in [7, 11) is 4.08. The van der Waals surface area contributed by atoms with Crippen LogP contribution in [0, 0.1) is 0 Å². The molecule has 0 bridgehead atoms. The first-order valence-corrected chi connectivity index (χ1v) is 7.51. The van der Waals surface area contributed by atoms with Crippen molar-refractivity contribution in [1.82, 2.24) is 9.80 Å². The summed E-state index contributed by atoms with van der Waals surface area (Å²) in [5, 5.41) is 0. The van der Waals surface area contributed by atoms with Crippen LogP contribution in [-0.2, 0) is 0 Å². The number of nitrogens with zero attached hydrogens (tertiary/aromatic N) is 2. The maximum Gasteiger partial charge on any atom is 0.254 e. The molecule has 5 nitrogen and oxygen atoms in total. The van der Waals surface area contributed by atoms with Gasteiger partial charge in [-0.3, -0.25) is 4.79 Å². The highest BCUT2D eigenvalue weighted by Gasteiger charge is 2.29. The van der Waals surface area contributed by atoms with Crippen molar-refractivity contribution < 1.29 is 9.53 Å². The number of anilines is 1. The van der Waals surface area contributed by atoms with E-state index >= 15 is 0 Å². The van der Waals surface area contributed by atoms with Crippen LogP contribution in [0.2, 0.25) is 0 Å². The van der Waals surface area contributed by atoms with Gasteiger partial charge in [-0.05, 0) is 52.1 Å². The van der Waals surface area contributed by atoms with Crippen LogP contribution in [0.5, 0.6) is 5.75 Å². The van der Waals surface area contributed by atoms with Gasteiger partial charge in [-0.15, -0.1) is 0 Å². The highest BCUT2D eigenvalue weighted by molar-refractivity contribution is 5.95. The number of likely N-dealkylation sites (N-methyl/N-ethyl adjacent to an activating group) is 1. The molecule has 0 spiro atoms. The number of ether oxygens (including phenoxy) is 1. The summed E-state index contributed by atoms with van der Waals surface area (Å²) in [6, 6.07) is 5.59. The van der Waals surface area contributed by atoms with Crippen LogP contribution in [0.15, 0.2) is 18.2 Å². The van der Waals surface area contributed by atoms with Crippen LogP contribution in [0.1, 0.15) is 30.1 Å². The molecule has 5 heteroatoms. The molecule has 2 rings (SSSR count). The number of hydrogen-bond donors (Lipinski definition) is 1. The molecule has 0 saturated carbocycles. The molecule has 1 unspecified atom stereocenters. The van der Waals surface area contributed by atoms with Gasteiger partial charge in [0.2, 0.25) is 0 Å². The van der Waals surface area contributed by atoms with Gasteiger partial charge in [0, 0.05) is 24.7 Å². The van der Waals surface area contributed by atoms with Crippen LogP contribution in [0.25, 0.3) is 0 Å². The second-order valence-electron chi connectivity index (χ2n) is 5.74. The number of benzene rings is 1. The van der Waals surface area contributed by atoms with Crippen molar-refractivity contribution in [3.8, 4) is 5.75 Å². The number of nitrogens with two attached hydrogens (primary N) is 1. The SMILES string of the molecule is CCOc1ccc(C(=O)N2CCCC2CN(C)C)cc1N. The van der Waals surface area contributed by atoms with Crippen LogP contribution < -0.4 is 10.5 Å². The fraction of sp³-hybridized carbons (Fsp3) is 0.562. The average molecular weight is 291 g/mol. The predicted octanol–water partition coefficient (Wildman–Crippen LogP) is 1.83. The quantitative estimate of drug-likeness (QED) is 0.841. The molecule has 1 aromatic rings. The number of rotatable bonds is 5. The molecule has 1 amide bonds. The number of likely N-dealkylation sites (tertiary alicyclic amines) is 1. The summed E-state index contributed by atoms with van der Waals surface area (Å²) in [6.07, 6.45) is 2.13. The fourth-order valence-electron chi connectivity index (χ4n) is 2.85. The molecule has 1 aromatic carbocycles. The molecule has 1 aliphatic heterocycles. The molecule has 1 atom stereocenters. The fourth-order valence-corrected chi connectivity index (χ4v) is 2.85. The van der Waals surface area contributed by atoms with Crippen molar-refractivity contribution >= 4 is 11.6 Å². The summed E-state index contributed by atoms with van der Waals surface area (Å²) < 4.78 is 5.41. The van der Waals surface area contributed by atoms with Crippen LogP contribution in [-0.4, -0.2) is 55.5 Å². The third-order valence-corrected chi connectivity index (χ3v) is 3.77. The van der Waals surface area contributed by atoms with Crippen molar-refractivity contribution in [1.29, 1.82) is 0 Å². The summed E-state index contributed by atoms with van der Waals surface area (Å²) in [4.78, 5) is 16.8. The highest BCUT2D eigenvalue weighted by Crippen LogP contribution is 2.26. The Morgan fingerprint density at radius 2 is 2.24 bits per heavy atom. The van der Waals surface area contributed by atoms with Gasteiger partial charge in [-0.1, -0.05) is 0 Å². The Kier molecular flexibility index (Phi) is 5.07. The van der Waals surface area contributed by atoms with Crippen LogP contribution in [0.3, 0.4) is 0 Å². The largest absolute Gasteiger partial charge is 0.492 e. The van der Waals surface area contributed by atoms with Gasteiger partial charge >= 0.3 is 0 Å². The zero-order valence-electron chi connectivity index (χ0n) is 13.1. The van der Waals surface area contributed by atoms with E-state index in [-0.39, 0.29) is 5.91 Å². The van der Waals surface area contributed by atoms with Gasteiger partial charge in [0.05, 0.1) is 12.3 Å². The lowest BCUT2D eigenvalue weighted by molar-refractivity contribution is 0.0716. The lowest BCUT2D eigenvalue weighted by Gasteiger charge is -2.27. The zero-order valence-corrected chi connectivity index (χ0v) is 13.1. The van der Waals surface area contributed by atoms with Crippen LogP contribution in [0.4, 0.5) is 5.69 Å². The molecule has 2 N–H and O–H groups in total. The van der Waals surface area contributed by atoms with Crippen molar-refractivity contribution in [3.05, 3.63) is 23.8 Å². The minimum absolute atomic E-state index is 0.0640. The molecule has 0 radical (unpaired) electrons. The molecule has 0 aromatic heterocycles. The minimum Gasteiger partial charge on any atom is -0.492 e. The number of carbonyl (C=O) groups is 1. The van der Waals surface area contributed by atoms with Crippen molar-refractivity contribution in [2.24, 2.45) is 0 Å². The van der Waals surface area contributed by atoms with E-state index in [1.54, 1.807) is 18.2 Å². The average Bonchev–Trinajstić information content (AvgIpc) is 2.87. The first-order chi connectivity index (χ1) is 10.0. The number of nitrogen functional groups attached to an aromatic ring is 1. The van der Waals surface area contributed by atoms with E-state index in [0.717, 1.165) is 25.9 Å². The van der Waals surface area contributed by atoms with Crippen LogP contribution >= 0.6 is 0 Å². The molecule has 0 aliphatic carbocycles. The Hall–Kier alpha value is -1.75. The van der Waals surface area contributed by atoms with E-state index in [1.807, 2.05) is 25.9 Å². The third-order valence-electron chi connectivity index (χ3n) is 3.77. The van der Waals surface area contributed by atoms with Gasteiger partial charge in [-0.25, -0.2) is 0 Å². The normalized spacial score (nSPS) is 18.3. The van der Waals surface area contributed by atoms with Gasteiger partial charge < -0.3 is 20.3 Å². The Labute approximate surface area is 126 Å². The number of hydrogen-bond acceptors (Lipinski definition) is 4. The van der Waals surface area contributed by atoms with E-state index in [2.05, 4.69) is 4.90 Å². The molecule has 116 valence electrons. The summed E-state index contributed by atoms with van der Waals surface area (Å²) >= 11 is 0. The third kappa shape index (κ3) is 3.67. The molecule has 1 aliphatic rings. The van der Waals surface area contributed by atoms with E-state index in [9.17, 15) is 4.79 Å². The minimum atomic E-state index is 0.0640. The van der Waals surface area contributed by atoms with Gasteiger partial charge in [-0.2, -0.15) is 0 Å². The molecule has 1 fully saturated rings. The van der Waals surface area contributed by atoms with Gasteiger partial charge in [0.15, 0.2) is 0 Å². The van der Waals surface area contributed by atoms with E-state index in [4.69, 9.17) is 10.5 Å². The summed E-state index contributed by atoms with van der Waals surface area (Å²) in [5.74, 6) is 0.703. The zero-order chi connectivity index (χ0) is 15.4. The van der Waals surface area contributed by atoms with E-state index in [1.165, 1.54) is 0 Å². The predicted molar refractivity (Wildman–Crippen MR) is 84.6 cm³/mol. The standard InChI is InChI=1S/C16H25N3O2/c1-4-21-15-8-7-12(10-14(15)17)16(20)19-9-5-6-13(19)11-18(2)3/h7-8,10,13H,4-6,9,11,17H2,1-3H3. The Bertz CT molecular complexity index is 502. The lowest BCUT2D eigenvalue weighted by Crippen LogP contribution is -2.41. The highest BCUT2D eigenvalue weighted by atomic mass is 16.5. The Balaban J connectivity index is 2.13. The molecule has 21 heavy (non-hydrogen) atoms. The summed E-state index contributed by atoms with van der Waals surface area (Å²) in [5.41, 5.74) is 7.12. The topological polar surface area (TPSA) is 58.8 Å². The monoisotopic (exact) mass is 291 g/mol. The molecular formula is C16H25N3O2. The lowest BCUT2D eigenvalue weighted by atomic mass is 10.1. The smallest absolute Gasteiger partial charge is 0.254 e. The summed E-state index contributed by atoms with van der Waals surface area (Å²) in [6.45, 7) is 4.20. The maximum absolute atomic E-state index is 12.7. The van der Waals surface area contributed by atoms with E-state index in [0.29, 0.717) is 29.6 Å². The first-order valence-electron chi connectivity index (χ1n) is 7.51.